The van der Waals surface area contributed by atoms with Crippen LogP contribution in [0.25, 0.3) is 0 Å². The summed E-state index contributed by atoms with van der Waals surface area (Å²) in [6, 6.07) is 3.36. The fourth-order valence-electron chi connectivity index (χ4n) is 3.10. The van der Waals surface area contributed by atoms with Crippen LogP contribution in [0.5, 0.6) is 0 Å². The number of thiazole rings is 1. The van der Waals surface area contributed by atoms with Crippen LogP contribution >= 0.6 is 11.3 Å². The predicted octanol–water partition coefficient (Wildman–Crippen LogP) is 3.05. The molecule has 0 atom stereocenters. The van der Waals surface area contributed by atoms with Gasteiger partial charge in [0.15, 0.2) is 10.8 Å². The van der Waals surface area contributed by atoms with Crippen molar-refractivity contribution in [3.05, 3.63) is 52.2 Å². The minimum atomic E-state index is -0.266. The molecule has 5 rings (SSSR count). The summed E-state index contributed by atoms with van der Waals surface area (Å²) in [5.41, 5.74) is 1.72. The van der Waals surface area contributed by atoms with E-state index in [1.165, 1.54) is 23.9 Å². The quantitative estimate of drug-likeness (QED) is 0.742. The maximum atomic E-state index is 12.7. The minimum absolute atomic E-state index is 0.131. The van der Waals surface area contributed by atoms with E-state index in [1.54, 1.807) is 17.0 Å². The van der Waals surface area contributed by atoms with Crippen LogP contribution in [0.1, 0.15) is 55.9 Å². The lowest BCUT2D eigenvalue weighted by Crippen LogP contribution is -2.35. The summed E-state index contributed by atoms with van der Waals surface area (Å²) in [6.07, 6.45) is 5.68. The van der Waals surface area contributed by atoms with E-state index in [-0.39, 0.29) is 11.8 Å². The first kappa shape index (κ1) is 16.2. The van der Waals surface area contributed by atoms with Gasteiger partial charge in [-0.15, -0.1) is 0 Å². The fraction of sp³-hybridized carbons (Fsp3) is 0.333. The first-order valence-electron chi connectivity index (χ1n) is 8.75. The van der Waals surface area contributed by atoms with Gasteiger partial charge in [-0.05, 0) is 18.9 Å². The third-order valence-corrected chi connectivity index (χ3v) is 5.75. The number of fused-ring (bicyclic) bond motifs is 1. The molecule has 138 valence electrons. The van der Waals surface area contributed by atoms with E-state index in [2.05, 4.69) is 15.5 Å². The van der Waals surface area contributed by atoms with Gasteiger partial charge in [-0.2, -0.15) is 0 Å². The van der Waals surface area contributed by atoms with Crippen molar-refractivity contribution >= 4 is 28.3 Å². The van der Waals surface area contributed by atoms with E-state index in [4.69, 9.17) is 8.94 Å². The molecule has 0 bridgehead atoms. The van der Waals surface area contributed by atoms with E-state index >= 15 is 0 Å². The molecular weight excluding hydrogens is 368 g/mol. The van der Waals surface area contributed by atoms with Crippen molar-refractivity contribution in [2.24, 2.45) is 0 Å². The molecule has 9 heteroatoms. The number of hydrogen-bond donors (Lipinski definition) is 1. The van der Waals surface area contributed by atoms with Gasteiger partial charge in [-0.25, -0.2) is 4.98 Å². The molecule has 2 aliphatic rings. The number of carbonyl (C=O) groups excluding carboxylic acids is 2. The molecule has 3 aromatic rings. The summed E-state index contributed by atoms with van der Waals surface area (Å²) in [5.74, 6) is 0.833. The van der Waals surface area contributed by atoms with E-state index in [9.17, 15) is 9.59 Å². The van der Waals surface area contributed by atoms with Crippen LogP contribution in [0.15, 0.2) is 33.6 Å². The van der Waals surface area contributed by atoms with Crippen molar-refractivity contribution in [1.29, 1.82) is 0 Å². The molecule has 3 aromatic heterocycles. The average Bonchev–Trinajstić information content (AvgIpc) is 3.09. The van der Waals surface area contributed by atoms with E-state index in [1.807, 2.05) is 0 Å². The van der Waals surface area contributed by atoms with Crippen LogP contribution in [0.2, 0.25) is 0 Å². The zero-order valence-electron chi connectivity index (χ0n) is 14.3. The van der Waals surface area contributed by atoms with Crippen LogP contribution in [-0.2, 0) is 13.0 Å². The molecule has 0 unspecified atom stereocenters. The summed E-state index contributed by atoms with van der Waals surface area (Å²) in [7, 11) is 0. The number of anilines is 1. The third-order valence-electron chi connectivity index (χ3n) is 4.75. The van der Waals surface area contributed by atoms with Gasteiger partial charge < -0.3 is 13.8 Å². The van der Waals surface area contributed by atoms with E-state index in [0.717, 1.165) is 29.2 Å². The van der Waals surface area contributed by atoms with Gasteiger partial charge in [0.25, 0.3) is 11.8 Å². The van der Waals surface area contributed by atoms with Crippen molar-refractivity contribution < 1.29 is 18.5 Å². The fourth-order valence-corrected chi connectivity index (χ4v) is 4.12. The van der Waals surface area contributed by atoms with Crippen molar-refractivity contribution in [2.75, 3.05) is 11.9 Å². The standard InChI is InChI=1S/C18H16N4O4S/c23-16(11-4-6-25-9-11)20-18-19-12-3-5-22(8-15(12)27-18)17(24)13-7-14(26-21-13)10-1-2-10/h4,6-7,9-10H,1-3,5,8H2,(H,19,20,23). The monoisotopic (exact) mass is 384 g/mol. The Morgan fingerprint density at radius 1 is 1.33 bits per heavy atom. The van der Waals surface area contributed by atoms with Gasteiger partial charge in [0.05, 0.1) is 24.1 Å². The van der Waals surface area contributed by atoms with Crippen LogP contribution in [0.4, 0.5) is 5.13 Å². The van der Waals surface area contributed by atoms with Crippen LogP contribution in [-0.4, -0.2) is 33.4 Å². The molecular formula is C18H16N4O4S. The number of rotatable bonds is 4. The smallest absolute Gasteiger partial charge is 0.276 e. The normalized spacial score (nSPS) is 16.2. The maximum Gasteiger partial charge on any atom is 0.276 e. The summed E-state index contributed by atoms with van der Waals surface area (Å²) in [6.45, 7) is 1.02. The Kier molecular flexibility index (Phi) is 3.82. The molecule has 8 nitrogen and oxygen atoms in total. The molecule has 0 saturated heterocycles. The van der Waals surface area contributed by atoms with Crippen LogP contribution in [0.3, 0.4) is 0 Å². The number of furan rings is 1. The molecule has 0 radical (unpaired) electrons. The lowest BCUT2D eigenvalue weighted by atomic mass is 10.1. The molecule has 1 saturated carbocycles. The molecule has 1 fully saturated rings. The largest absolute Gasteiger partial charge is 0.472 e. The Hall–Kier alpha value is -2.94. The number of nitrogens with zero attached hydrogens (tertiary/aromatic N) is 3. The zero-order valence-corrected chi connectivity index (χ0v) is 15.1. The number of nitrogens with one attached hydrogen (secondary N) is 1. The Bertz CT molecular complexity index is 1000. The number of amides is 2. The molecule has 1 aliphatic carbocycles. The van der Waals surface area contributed by atoms with E-state index < -0.39 is 0 Å². The first-order chi connectivity index (χ1) is 13.2. The Morgan fingerprint density at radius 3 is 3.00 bits per heavy atom. The molecule has 2 amide bonds. The Balaban J connectivity index is 1.28. The summed E-state index contributed by atoms with van der Waals surface area (Å²) in [5, 5.41) is 7.24. The highest BCUT2D eigenvalue weighted by molar-refractivity contribution is 7.15. The third kappa shape index (κ3) is 3.14. The van der Waals surface area contributed by atoms with Gasteiger partial charge in [0.2, 0.25) is 0 Å². The molecule has 27 heavy (non-hydrogen) atoms. The van der Waals surface area contributed by atoms with Gasteiger partial charge >= 0.3 is 0 Å². The Labute approximate surface area is 158 Å². The molecule has 1 N–H and O–H groups in total. The molecule has 4 heterocycles. The van der Waals surface area contributed by atoms with E-state index in [0.29, 0.717) is 41.8 Å². The topological polar surface area (TPSA) is 101 Å². The molecule has 0 spiro atoms. The minimum Gasteiger partial charge on any atom is -0.472 e. The number of hydrogen-bond acceptors (Lipinski definition) is 7. The number of carbonyl (C=O) groups is 2. The highest BCUT2D eigenvalue weighted by Gasteiger charge is 2.31. The maximum absolute atomic E-state index is 12.7. The zero-order chi connectivity index (χ0) is 18.4. The number of aromatic nitrogens is 2. The van der Waals surface area contributed by atoms with Crippen molar-refractivity contribution in [2.45, 2.75) is 31.7 Å². The van der Waals surface area contributed by atoms with Gasteiger partial charge in [0, 0.05) is 29.8 Å². The van der Waals surface area contributed by atoms with Gasteiger partial charge in [0.1, 0.15) is 12.0 Å². The summed E-state index contributed by atoms with van der Waals surface area (Å²) in [4.78, 5) is 32.0. The van der Waals surface area contributed by atoms with Gasteiger partial charge in [-0.1, -0.05) is 16.5 Å². The predicted molar refractivity (Wildman–Crippen MR) is 95.7 cm³/mol. The second kappa shape index (κ2) is 6.34. The second-order valence-corrected chi connectivity index (χ2v) is 7.80. The summed E-state index contributed by atoms with van der Waals surface area (Å²) >= 11 is 1.39. The highest BCUT2D eigenvalue weighted by Crippen LogP contribution is 2.40. The second-order valence-electron chi connectivity index (χ2n) is 6.72. The molecule has 0 aromatic carbocycles. The highest BCUT2D eigenvalue weighted by atomic mass is 32.1. The Morgan fingerprint density at radius 2 is 2.22 bits per heavy atom. The van der Waals surface area contributed by atoms with Gasteiger partial charge in [-0.3, -0.25) is 14.9 Å². The van der Waals surface area contributed by atoms with Crippen molar-refractivity contribution in [3.8, 4) is 0 Å². The van der Waals surface area contributed by atoms with Crippen LogP contribution in [0, 0.1) is 0 Å². The first-order valence-corrected chi connectivity index (χ1v) is 9.57. The van der Waals surface area contributed by atoms with Crippen molar-refractivity contribution in [1.82, 2.24) is 15.0 Å². The van der Waals surface area contributed by atoms with Crippen LogP contribution < -0.4 is 5.32 Å². The lowest BCUT2D eigenvalue weighted by molar-refractivity contribution is 0.0725. The SMILES string of the molecule is O=C(Nc1nc2c(s1)CN(C(=O)c1cc(C3CC3)on1)CC2)c1ccoc1. The van der Waals surface area contributed by atoms with Crippen molar-refractivity contribution in [3.63, 3.8) is 0 Å². The lowest BCUT2D eigenvalue weighted by Gasteiger charge is -2.25. The average molecular weight is 384 g/mol. The summed E-state index contributed by atoms with van der Waals surface area (Å²) < 4.78 is 10.2. The molecule has 1 aliphatic heterocycles.